The molecule has 1 N–H and O–H groups in total. The Morgan fingerprint density at radius 3 is 2.16 bits per heavy atom. The van der Waals surface area contributed by atoms with Crippen LogP contribution in [0.2, 0.25) is 5.02 Å². The number of carbonyl (C=O) groups excluding carboxylic acids is 1. The molecular formula is C24H40ClN3O3S. The Hall–Kier alpha value is -1.15. The maximum atomic E-state index is 13.7. The van der Waals surface area contributed by atoms with Crippen LogP contribution in [0.4, 0.5) is 0 Å². The third kappa shape index (κ3) is 6.25. The van der Waals surface area contributed by atoms with Gasteiger partial charge in [0.2, 0.25) is 10.0 Å². The summed E-state index contributed by atoms with van der Waals surface area (Å²) in [6, 6.07) is 4.69. The smallest absolute Gasteiger partial charge is 0.254 e. The zero-order valence-electron chi connectivity index (χ0n) is 20.7. The van der Waals surface area contributed by atoms with Crippen molar-refractivity contribution in [2.45, 2.75) is 96.2 Å². The van der Waals surface area contributed by atoms with Crippen molar-refractivity contribution in [1.82, 2.24) is 14.5 Å². The average Bonchev–Trinajstić information content (AvgIpc) is 2.66. The van der Waals surface area contributed by atoms with Crippen LogP contribution in [-0.4, -0.2) is 60.3 Å². The summed E-state index contributed by atoms with van der Waals surface area (Å²) in [5, 5.41) is 3.81. The van der Waals surface area contributed by atoms with Gasteiger partial charge >= 0.3 is 0 Å². The molecule has 0 aromatic heterocycles. The normalized spacial score (nSPS) is 18.7. The van der Waals surface area contributed by atoms with Gasteiger partial charge in [0.15, 0.2) is 0 Å². The highest BCUT2D eigenvalue weighted by atomic mass is 35.5. The molecule has 1 aromatic carbocycles. The molecule has 0 unspecified atom stereocenters. The molecule has 0 spiro atoms. The Morgan fingerprint density at radius 1 is 1.09 bits per heavy atom. The minimum Gasteiger partial charge on any atom is -0.336 e. The molecule has 0 aliphatic carbocycles. The highest BCUT2D eigenvalue weighted by molar-refractivity contribution is 7.89. The second-order valence-corrected chi connectivity index (χ2v) is 12.4. The molecule has 0 bridgehead atoms. The van der Waals surface area contributed by atoms with Gasteiger partial charge in [-0.25, -0.2) is 8.42 Å². The summed E-state index contributed by atoms with van der Waals surface area (Å²) in [4.78, 5) is 15.7. The average molecular weight is 486 g/mol. The number of piperidine rings is 1. The fourth-order valence-electron chi connectivity index (χ4n) is 4.97. The van der Waals surface area contributed by atoms with Crippen molar-refractivity contribution < 1.29 is 13.2 Å². The number of hydrogen-bond donors (Lipinski definition) is 1. The zero-order chi connectivity index (χ0) is 24.3. The highest BCUT2D eigenvalue weighted by Gasteiger charge is 2.41. The third-order valence-electron chi connectivity index (χ3n) is 6.12. The highest BCUT2D eigenvalue weighted by Crippen LogP contribution is 2.33. The van der Waals surface area contributed by atoms with E-state index in [1.54, 1.807) is 19.9 Å². The van der Waals surface area contributed by atoms with E-state index in [0.29, 0.717) is 25.2 Å². The van der Waals surface area contributed by atoms with E-state index in [4.69, 9.17) is 11.6 Å². The first-order valence-corrected chi connectivity index (χ1v) is 13.5. The maximum Gasteiger partial charge on any atom is 0.254 e. The Morgan fingerprint density at radius 2 is 1.66 bits per heavy atom. The number of halogens is 1. The lowest BCUT2D eigenvalue weighted by atomic mass is 9.78. The first-order chi connectivity index (χ1) is 14.8. The number of hydrogen-bond acceptors (Lipinski definition) is 4. The molecule has 1 aliphatic rings. The molecule has 0 saturated carbocycles. The van der Waals surface area contributed by atoms with Crippen LogP contribution in [0.15, 0.2) is 23.1 Å². The fraction of sp³-hybridized carbons (Fsp3) is 0.708. The van der Waals surface area contributed by atoms with Crippen LogP contribution in [0.5, 0.6) is 0 Å². The van der Waals surface area contributed by atoms with Crippen molar-refractivity contribution in [2.75, 3.05) is 19.6 Å². The van der Waals surface area contributed by atoms with Gasteiger partial charge in [-0.1, -0.05) is 38.8 Å². The number of carbonyl (C=O) groups is 1. The predicted octanol–water partition coefficient (Wildman–Crippen LogP) is 4.92. The second kappa shape index (κ2) is 10.4. The third-order valence-corrected chi connectivity index (χ3v) is 8.66. The monoisotopic (exact) mass is 485 g/mol. The molecule has 1 heterocycles. The molecule has 0 radical (unpaired) electrons. The lowest BCUT2D eigenvalue weighted by Crippen LogP contribution is -2.62. The molecule has 32 heavy (non-hydrogen) atoms. The van der Waals surface area contributed by atoms with E-state index in [9.17, 15) is 13.2 Å². The SMILES string of the molecule is CCCCN(C(=O)c1ccc(Cl)c(S(=O)(=O)N(CC)CC)c1)C1CC(C)(C)NC(C)(C)C1. The Labute approximate surface area is 199 Å². The van der Waals surface area contributed by atoms with E-state index in [0.717, 1.165) is 25.7 Å². The van der Waals surface area contributed by atoms with Crippen LogP contribution < -0.4 is 5.32 Å². The molecule has 0 atom stereocenters. The fourth-order valence-corrected chi connectivity index (χ4v) is 6.93. The van der Waals surface area contributed by atoms with Gasteiger partial charge in [0.25, 0.3) is 5.91 Å². The first kappa shape index (κ1) is 27.1. The first-order valence-electron chi connectivity index (χ1n) is 11.7. The number of unbranched alkanes of at least 4 members (excludes halogenated alkanes) is 1. The molecule has 1 aliphatic heterocycles. The van der Waals surface area contributed by atoms with Gasteiger partial charge in [-0.05, 0) is 65.2 Å². The summed E-state index contributed by atoms with van der Waals surface area (Å²) in [5.74, 6) is -0.135. The number of rotatable bonds is 9. The van der Waals surface area contributed by atoms with E-state index in [1.807, 2.05) is 4.90 Å². The topological polar surface area (TPSA) is 69.7 Å². The number of nitrogens with one attached hydrogen (secondary N) is 1. The number of benzene rings is 1. The van der Waals surface area contributed by atoms with Crippen LogP contribution in [0, 0.1) is 0 Å². The van der Waals surface area contributed by atoms with Gasteiger partial charge < -0.3 is 10.2 Å². The van der Waals surface area contributed by atoms with Crippen LogP contribution >= 0.6 is 11.6 Å². The van der Waals surface area contributed by atoms with Crippen molar-refractivity contribution in [1.29, 1.82) is 0 Å². The number of nitrogens with zero attached hydrogens (tertiary/aromatic N) is 2. The summed E-state index contributed by atoms with van der Waals surface area (Å²) in [6.07, 6.45) is 3.55. The van der Waals surface area contributed by atoms with Crippen LogP contribution in [0.1, 0.15) is 84.5 Å². The molecule has 182 valence electrons. The summed E-state index contributed by atoms with van der Waals surface area (Å²) >= 11 is 6.29. The van der Waals surface area contributed by atoms with E-state index >= 15 is 0 Å². The summed E-state index contributed by atoms with van der Waals surface area (Å²) < 4.78 is 27.6. The molecule has 1 aromatic rings. The molecule has 8 heteroatoms. The van der Waals surface area contributed by atoms with Gasteiger partial charge in [-0.15, -0.1) is 0 Å². The Balaban J connectivity index is 2.47. The van der Waals surface area contributed by atoms with Gasteiger partial charge in [0.1, 0.15) is 4.90 Å². The number of amides is 1. The van der Waals surface area contributed by atoms with Crippen LogP contribution in [-0.2, 0) is 10.0 Å². The largest absolute Gasteiger partial charge is 0.336 e. The second-order valence-electron chi connectivity index (χ2n) is 10.0. The van der Waals surface area contributed by atoms with E-state index in [1.165, 1.54) is 16.4 Å². The number of sulfonamides is 1. The lowest BCUT2D eigenvalue weighted by molar-refractivity contribution is 0.0441. The van der Waals surface area contributed by atoms with E-state index in [2.05, 4.69) is 39.9 Å². The van der Waals surface area contributed by atoms with E-state index in [-0.39, 0.29) is 32.9 Å². The molecule has 2 rings (SSSR count). The van der Waals surface area contributed by atoms with Crippen LogP contribution in [0.25, 0.3) is 0 Å². The lowest BCUT2D eigenvalue weighted by Gasteiger charge is -2.49. The zero-order valence-corrected chi connectivity index (χ0v) is 22.2. The van der Waals surface area contributed by atoms with Gasteiger partial charge in [0, 0.05) is 42.3 Å². The van der Waals surface area contributed by atoms with Crippen molar-refractivity contribution in [2.24, 2.45) is 0 Å². The Bertz CT molecular complexity index is 895. The van der Waals surface area contributed by atoms with Gasteiger partial charge in [0.05, 0.1) is 5.02 Å². The summed E-state index contributed by atoms with van der Waals surface area (Å²) in [5.41, 5.74) is 0.161. The predicted molar refractivity (Wildman–Crippen MR) is 132 cm³/mol. The van der Waals surface area contributed by atoms with E-state index < -0.39 is 10.0 Å². The minimum atomic E-state index is -3.77. The molecule has 1 saturated heterocycles. The van der Waals surface area contributed by atoms with Gasteiger partial charge in [-0.2, -0.15) is 4.31 Å². The van der Waals surface area contributed by atoms with Crippen molar-refractivity contribution in [3.63, 3.8) is 0 Å². The standard InChI is InChI=1S/C24H40ClN3O3S/c1-8-11-14-28(19-16-23(4,5)26-24(6,7)17-19)22(29)18-12-13-20(25)21(15-18)32(30,31)27(9-2)10-3/h12-13,15,19,26H,8-11,14,16-17H2,1-7H3. The Kier molecular flexibility index (Phi) is 8.82. The summed E-state index contributed by atoms with van der Waals surface area (Å²) in [7, 11) is -3.77. The van der Waals surface area contributed by atoms with Crippen molar-refractivity contribution in [3.05, 3.63) is 28.8 Å². The minimum absolute atomic E-state index is 0.00451. The molecule has 1 amide bonds. The molecule has 1 fully saturated rings. The molecular weight excluding hydrogens is 446 g/mol. The van der Waals surface area contributed by atoms with Crippen molar-refractivity contribution in [3.8, 4) is 0 Å². The molecule has 6 nitrogen and oxygen atoms in total. The van der Waals surface area contributed by atoms with Crippen LogP contribution in [0.3, 0.4) is 0 Å². The maximum absolute atomic E-state index is 13.7. The summed E-state index contributed by atoms with van der Waals surface area (Å²) in [6.45, 7) is 15.7. The van der Waals surface area contributed by atoms with Gasteiger partial charge in [-0.3, -0.25) is 4.79 Å². The quantitative estimate of drug-likeness (QED) is 0.538. The van der Waals surface area contributed by atoms with Crippen molar-refractivity contribution >= 4 is 27.5 Å².